The summed E-state index contributed by atoms with van der Waals surface area (Å²) in [5.74, 6) is -0.981. The third-order valence-electron chi connectivity index (χ3n) is 10.8. The minimum absolute atomic E-state index is 0.104. The molecule has 0 N–H and O–H groups in total. The molecule has 0 heterocycles. The second-order valence-electron chi connectivity index (χ2n) is 16.8. The van der Waals surface area contributed by atoms with Gasteiger partial charge in [0.1, 0.15) is 13.2 Å². The molecule has 350 valence electrons. The van der Waals surface area contributed by atoms with Crippen LogP contribution in [0.5, 0.6) is 0 Å². The van der Waals surface area contributed by atoms with Gasteiger partial charge < -0.3 is 14.2 Å². The zero-order valence-electron chi connectivity index (χ0n) is 39.9. The van der Waals surface area contributed by atoms with Crippen molar-refractivity contribution in [1.82, 2.24) is 0 Å². The Morgan fingerprint density at radius 1 is 0.344 bits per heavy atom. The normalized spacial score (nSPS) is 12.6. The van der Waals surface area contributed by atoms with Crippen LogP contribution in [0.25, 0.3) is 0 Å². The van der Waals surface area contributed by atoms with E-state index in [0.717, 1.165) is 51.4 Å². The van der Waals surface area contributed by atoms with Gasteiger partial charge in [0.25, 0.3) is 0 Å². The fourth-order valence-electron chi connectivity index (χ4n) is 7.00. The van der Waals surface area contributed by atoms with Gasteiger partial charge in [-0.25, -0.2) is 0 Å². The van der Waals surface area contributed by atoms with Gasteiger partial charge in [-0.3, -0.25) is 14.4 Å². The molecule has 0 spiro atoms. The molecule has 0 saturated heterocycles. The van der Waals surface area contributed by atoms with Crippen LogP contribution in [0, 0.1) is 0 Å². The fourth-order valence-corrected chi connectivity index (χ4v) is 7.00. The van der Waals surface area contributed by atoms with Gasteiger partial charge in [-0.05, 0) is 57.8 Å². The monoisotopic (exact) mass is 851 g/mol. The maximum absolute atomic E-state index is 12.7. The Balaban J connectivity index is 4.45. The van der Waals surface area contributed by atoms with Crippen LogP contribution in [-0.4, -0.2) is 37.2 Å². The van der Waals surface area contributed by atoms with E-state index >= 15 is 0 Å². The molecule has 0 aromatic rings. The van der Waals surface area contributed by atoms with Gasteiger partial charge in [-0.15, -0.1) is 0 Å². The Hall–Kier alpha value is -3.15. The van der Waals surface area contributed by atoms with Gasteiger partial charge >= 0.3 is 17.9 Å². The van der Waals surface area contributed by atoms with Gasteiger partial charge in [-0.1, -0.05) is 235 Å². The predicted octanol–water partition coefficient (Wildman–Crippen LogP) is 16.6. The maximum Gasteiger partial charge on any atom is 0.306 e. The highest BCUT2D eigenvalue weighted by Gasteiger charge is 2.19. The zero-order valence-corrected chi connectivity index (χ0v) is 39.9. The first kappa shape index (κ1) is 57.9. The SMILES string of the molecule is CC\C=C/C=C\C=C/C=C\C=C/CCCC(=O)OC(COC(=O)CCCCCCCCC/C=C\CCCCCCCC)COC(=O)CCCCCCCCCCCCCCC. The lowest BCUT2D eigenvalue weighted by Crippen LogP contribution is -2.30. The number of ether oxygens (including phenoxy) is 3. The van der Waals surface area contributed by atoms with Crippen LogP contribution in [0.4, 0.5) is 0 Å². The topological polar surface area (TPSA) is 78.9 Å². The van der Waals surface area contributed by atoms with Crippen molar-refractivity contribution in [2.45, 2.75) is 245 Å². The van der Waals surface area contributed by atoms with E-state index < -0.39 is 6.10 Å². The molecule has 0 aliphatic carbocycles. The molecule has 6 nitrogen and oxygen atoms in total. The lowest BCUT2D eigenvalue weighted by atomic mass is 10.0. The number of hydrogen-bond donors (Lipinski definition) is 0. The molecular weight excluding hydrogens is 757 g/mol. The van der Waals surface area contributed by atoms with Crippen LogP contribution in [0.3, 0.4) is 0 Å². The van der Waals surface area contributed by atoms with E-state index in [2.05, 4.69) is 39.0 Å². The molecule has 1 unspecified atom stereocenters. The molecule has 61 heavy (non-hydrogen) atoms. The molecule has 1 atom stereocenters. The van der Waals surface area contributed by atoms with Crippen molar-refractivity contribution in [2.24, 2.45) is 0 Å². The Morgan fingerprint density at radius 2 is 0.672 bits per heavy atom. The fraction of sp³-hybridized carbons (Fsp3) is 0.727. The quantitative estimate of drug-likeness (QED) is 0.0200. The molecule has 0 amide bonds. The highest BCUT2D eigenvalue weighted by Crippen LogP contribution is 2.15. The van der Waals surface area contributed by atoms with E-state index in [4.69, 9.17) is 14.2 Å². The number of rotatable bonds is 45. The van der Waals surface area contributed by atoms with Crippen molar-refractivity contribution in [3.8, 4) is 0 Å². The van der Waals surface area contributed by atoms with Crippen molar-refractivity contribution in [1.29, 1.82) is 0 Å². The molecule has 0 saturated carbocycles. The Labute approximate surface area is 376 Å². The first-order valence-electron chi connectivity index (χ1n) is 25.5. The van der Waals surface area contributed by atoms with Crippen LogP contribution in [0.1, 0.15) is 239 Å². The molecule has 0 rings (SSSR count). The van der Waals surface area contributed by atoms with Crippen molar-refractivity contribution in [3.05, 3.63) is 72.9 Å². The first-order valence-corrected chi connectivity index (χ1v) is 25.5. The Morgan fingerprint density at radius 3 is 1.08 bits per heavy atom. The second-order valence-corrected chi connectivity index (χ2v) is 16.8. The average molecular weight is 851 g/mol. The smallest absolute Gasteiger partial charge is 0.306 e. The van der Waals surface area contributed by atoms with Crippen LogP contribution >= 0.6 is 0 Å². The van der Waals surface area contributed by atoms with Gasteiger partial charge in [-0.2, -0.15) is 0 Å². The van der Waals surface area contributed by atoms with Crippen LogP contribution in [-0.2, 0) is 28.6 Å². The van der Waals surface area contributed by atoms with Crippen LogP contribution in [0.15, 0.2) is 72.9 Å². The lowest BCUT2D eigenvalue weighted by Gasteiger charge is -2.18. The molecule has 0 radical (unpaired) electrons. The summed E-state index contributed by atoms with van der Waals surface area (Å²) < 4.78 is 16.7. The van der Waals surface area contributed by atoms with Crippen LogP contribution in [0.2, 0.25) is 0 Å². The van der Waals surface area contributed by atoms with Crippen molar-refractivity contribution in [2.75, 3.05) is 13.2 Å². The summed E-state index contributed by atoms with van der Waals surface area (Å²) in [6.07, 6.45) is 61.8. The summed E-state index contributed by atoms with van der Waals surface area (Å²) in [4.78, 5) is 37.9. The molecule has 0 aliphatic rings. The molecule has 0 fully saturated rings. The van der Waals surface area contributed by atoms with Crippen molar-refractivity contribution >= 4 is 17.9 Å². The number of carbonyl (C=O) groups is 3. The van der Waals surface area contributed by atoms with E-state index in [1.54, 1.807) is 0 Å². The molecule has 0 aromatic heterocycles. The third kappa shape index (κ3) is 47.7. The summed E-state index contributed by atoms with van der Waals surface area (Å²) >= 11 is 0. The third-order valence-corrected chi connectivity index (χ3v) is 10.8. The molecule has 0 aliphatic heterocycles. The van der Waals surface area contributed by atoms with E-state index in [9.17, 15) is 14.4 Å². The highest BCUT2D eigenvalue weighted by molar-refractivity contribution is 5.71. The largest absolute Gasteiger partial charge is 0.462 e. The van der Waals surface area contributed by atoms with Crippen molar-refractivity contribution in [3.63, 3.8) is 0 Å². The Bertz CT molecular complexity index is 1160. The number of allylic oxidation sites excluding steroid dienone is 12. The van der Waals surface area contributed by atoms with Gasteiger partial charge in [0.2, 0.25) is 0 Å². The molecular formula is C55H94O6. The molecule has 0 bridgehead atoms. The summed E-state index contributed by atoms with van der Waals surface area (Å²) in [5.41, 5.74) is 0. The molecule has 6 heteroatoms. The minimum atomic E-state index is -0.811. The molecule has 0 aromatic carbocycles. The minimum Gasteiger partial charge on any atom is -0.462 e. The van der Waals surface area contributed by atoms with Gasteiger partial charge in [0, 0.05) is 19.3 Å². The number of esters is 3. The van der Waals surface area contributed by atoms with E-state index in [0.29, 0.717) is 19.3 Å². The summed E-state index contributed by atoms with van der Waals surface area (Å²) in [6.45, 7) is 6.43. The summed E-state index contributed by atoms with van der Waals surface area (Å²) in [6, 6.07) is 0. The summed E-state index contributed by atoms with van der Waals surface area (Å²) in [7, 11) is 0. The lowest BCUT2D eigenvalue weighted by molar-refractivity contribution is -0.167. The Kier molecular flexibility index (Phi) is 46.9. The van der Waals surface area contributed by atoms with Crippen LogP contribution < -0.4 is 0 Å². The zero-order chi connectivity index (χ0) is 44.4. The van der Waals surface area contributed by atoms with Gasteiger partial charge in [0.15, 0.2) is 6.10 Å². The standard InChI is InChI=1S/C55H94O6/c1-4-7-10-13-16-19-22-25-26-27-28-31-33-36-39-42-45-48-54(57)60-51-52(61-55(58)49-46-43-40-37-34-30-24-21-18-15-12-9-6-3)50-59-53(56)47-44-41-38-35-32-29-23-20-17-14-11-8-5-2/h9,12,15,18,21,24-26,30,34,37,40,52H,4-8,10-11,13-14,16-17,19-20,22-23,27-29,31-33,35-36,38-39,41-51H2,1-3H3/b12-9-,18-15-,24-21-,26-25-,34-30-,40-37-. The maximum atomic E-state index is 12.7. The predicted molar refractivity (Wildman–Crippen MR) is 261 cm³/mol. The van der Waals surface area contributed by atoms with E-state index in [1.165, 1.54) is 141 Å². The van der Waals surface area contributed by atoms with E-state index in [1.807, 2.05) is 54.7 Å². The average Bonchev–Trinajstić information content (AvgIpc) is 3.26. The van der Waals surface area contributed by atoms with Gasteiger partial charge in [0.05, 0.1) is 0 Å². The van der Waals surface area contributed by atoms with E-state index in [-0.39, 0.29) is 37.5 Å². The summed E-state index contributed by atoms with van der Waals surface area (Å²) in [5, 5.41) is 0. The first-order chi connectivity index (χ1) is 30.0. The second kappa shape index (κ2) is 49.5. The number of hydrogen-bond acceptors (Lipinski definition) is 6. The number of carbonyl (C=O) groups excluding carboxylic acids is 3. The number of unbranched alkanes of at least 4 members (excludes halogenated alkanes) is 26. The highest BCUT2D eigenvalue weighted by atomic mass is 16.6. The van der Waals surface area contributed by atoms with Crippen molar-refractivity contribution < 1.29 is 28.6 Å².